The second kappa shape index (κ2) is 24.8. The zero-order valence-electron chi connectivity index (χ0n) is 23.5. The minimum absolute atomic E-state index is 0.516. The van der Waals surface area contributed by atoms with Crippen LogP contribution in [0.1, 0.15) is 0 Å². The molecule has 25 nitrogen and oxygen atoms in total. The summed E-state index contributed by atoms with van der Waals surface area (Å²) >= 11 is 0. The Labute approximate surface area is 255 Å². The molecule has 1 aromatic heterocycles. The van der Waals surface area contributed by atoms with E-state index in [9.17, 15) is 25.2 Å². The predicted octanol–water partition coefficient (Wildman–Crippen LogP) is 0.570. The summed E-state index contributed by atoms with van der Waals surface area (Å²) in [7, 11) is -21.2. The fourth-order valence-corrected chi connectivity index (χ4v) is 5.18. The maximum Gasteiger partial charge on any atom is 0.507 e. The van der Waals surface area contributed by atoms with Gasteiger partial charge in [-0.05, 0) is 0 Å². The van der Waals surface area contributed by atoms with Gasteiger partial charge in [-0.3, -0.25) is 58.7 Å². The van der Waals surface area contributed by atoms with Crippen LogP contribution in [0.3, 0.4) is 0 Å². The van der Waals surface area contributed by atoms with Crippen molar-refractivity contribution in [2.24, 2.45) is 0 Å². The van der Waals surface area contributed by atoms with Gasteiger partial charge in [0.25, 0.3) is 0 Å². The number of H-pyrrole nitrogens is 1. The van der Waals surface area contributed by atoms with Crippen LogP contribution < -0.4 is 4.52 Å². The second-order valence-corrected chi connectivity index (χ2v) is 16.7. The fourth-order valence-electron chi connectivity index (χ4n) is 1.86. The Kier molecular flexibility index (Phi) is 31.2. The van der Waals surface area contributed by atoms with Crippen LogP contribution in [0.25, 0.3) is 0 Å². The summed E-state index contributed by atoms with van der Waals surface area (Å²) < 4.78 is 126. The summed E-state index contributed by atoms with van der Waals surface area (Å²) in [5.41, 5.74) is 0. The molecule has 0 aromatic carbocycles. The molecular formula is C8H33F6N6O19P7. The smallest absolute Gasteiger partial charge is 0.299 e. The number of hydrogen-bond donors (Lipinski definition) is 13. The third-order valence-electron chi connectivity index (χ3n) is 2.38. The van der Waals surface area contributed by atoms with Crippen molar-refractivity contribution in [2.45, 2.75) is 0 Å². The molecule has 0 spiro atoms. The van der Waals surface area contributed by atoms with Crippen molar-refractivity contribution in [1.82, 2.24) is 29.4 Å². The number of nitrogens with one attached hydrogen (secondary N) is 1. The largest absolute Gasteiger partial charge is 0.507 e. The van der Waals surface area contributed by atoms with Crippen LogP contribution in [-0.2, 0) is 27.4 Å². The first-order valence-electron chi connectivity index (χ1n) is 9.50. The summed E-state index contributed by atoms with van der Waals surface area (Å²) in [6.45, 7) is 0. The second-order valence-electron chi connectivity index (χ2n) is 7.01. The normalized spacial score (nSPS) is 12.5. The van der Waals surface area contributed by atoms with Gasteiger partial charge in [0.05, 0.1) is 0 Å². The van der Waals surface area contributed by atoms with Crippen molar-refractivity contribution in [1.29, 1.82) is 0 Å². The SMILES string of the molecule is CN(C)[PH](Oc1c[nH]nn1)(N(C)C)N(C)C.O=P(O)(O)F.O=P(O)(O)F.O=P(O)(O)F.O=P(O)(O)F.O=P(O)(O)F.O=P(O)(O)F. The molecule has 0 saturated carbocycles. The van der Waals surface area contributed by atoms with Crippen LogP contribution in [0.15, 0.2) is 6.20 Å². The molecule has 1 aromatic rings. The Morgan fingerprint density at radius 2 is 0.717 bits per heavy atom. The Morgan fingerprint density at radius 3 is 0.826 bits per heavy atom. The predicted molar refractivity (Wildman–Crippen MR) is 145 cm³/mol. The first-order chi connectivity index (χ1) is 19.4. The van der Waals surface area contributed by atoms with Gasteiger partial charge in [0.1, 0.15) is 0 Å². The average Bonchev–Trinajstić information content (AvgIpc) is 3.09. The van der Waals surface area contributed by atoms with Crippen LogP contribution in [0.4, 0.5) is 25.2 Å². The molecule has 1 rings (SSSR count). The average molecular weight is 848 g/mol. The number of halogens is 6. The van der Waals surface area contributed by atoms with Crippen molar-refractivity contribution in [2.75, 3.05) is 42.3 Å². The van der Waals surface area contributed by atoms with Gasteiger partial charge >= 0.3 is 144 Å². The molecule has 1 heterocycles. The molecule has 0 amide bonds. The topological polar surface area (TPSA) is 406 Å². The molecule has 0 aliphatic heterocycles. The van der Waals surface area contributed by atoms with Crippen LogP contribution in [0, 0.1) is 0 Å². The van der Waals surface area contributed by atoms with E-state index in [2.05, 4.69) is 29.4 Å². The van der Waals surface area contributed by atoms with E-state index in [0.29, 0.717) is 5.88 Å². The molecule has 13 N–H and O–H groups in total. The van der Waals surface area contributed by atoms with Gasteiger partial charge in [-0.2, -0.15) is 0 Å². The number of aromatic amines is 1. The van der Waals surface area contributed by atoms with Crippen LogP contribution in [-0.4, -0.2) is 130 Å². The molecule has 0 bridgehead atoms. The Balaban J connectivity index is -0.000000112. The van der Waals surface area contributed by atoms with E-state index in [0.717, 1.165) is 0 Å². The minimum Gasteiger partial charge on any atom is -0.299 e. The van der Waals surface area contributed by atoms with E-state index in [1.165, 1.54) is 0 Å². The van der Waals surface area contributed by atoms with E-state index < -0.39 is 55.4 Å². The Hall–Kier alpha value is -0.270. The minimum atomic E-state index is -5.14. The van der Waals surface area contributed by atoms with E-state index in [4.69, 9.17) is 90.6 Å². The summed E-state index contributed by atoms with van der Waals surface area (Å²) in [6.07, 6.45) is 1.65. The van der Waals surface area contributed by atoms with Gasteiger partial charge in [-0.25, -0.2) is 27.4 Å². The van der Waals surface area contributed by atoms with Gasteiger partial charge in [-0.1, -0.05) is 0 Å². The van der Waals surface area contributed by atoms with Crippen molar-refractivity contribution in [3.63, 3.8) is 0 Å². The third-order valence-corrected chi connectivity index (χ3v) is 6.36. The molecule has 0 unspecified atom stereocenters. The van der Waals surface area contributed by atoms with Crippen LogP contribution >= 0.6 is 55.4 Å². The number of hydrogen-bond acceptors (Lipinski definition) is 12. The summed E-state index contributed by atoms with van der Waals surface area (Å²) in [4.78, 5) is 83.6. The summed E-state index contributed by atoms with van der Waals surface area (Å²) in [5.74, 6) is 0.516. The number of rotatable bonds is 5. The van der Waals surface area contributed by atoms with Crippen molar-refractivity contribution in [3.05, 3.63) is 6.20 Å². The zero-order valence-corrected chi connectivity index (χ0v) is 29.9. The Morgan fingerprint density at radius 1 is 0.543 bits per heavy atom. The van der Waals surface area contributed by atoms with E-state index in [1.54, 1.807) is 6.20 Å². The number of aromatic nitrogens is 3. The van der Waals surface area contributed by atoms with E-state index in [1.807, 2.05) is 42.3 Å². The molecule has 0 fully saturated rings. The molecule has 286 valence electrons. The quantitative estimate of drug-likeness (QED) is 0.142. The molecule has 0 atom stereocenters. The summed E-state index contributed by atoms with van der Waals surface area (Å²) in [5, 5.41) is 10.2. The van der Waals surface area contributed by atoms with E-state index >= 15 is 0 Å². The number of nitrogens with zero attached hydrogens (tertiary/aromatic N) is 5. The fraction of sp³-hybridized carbons (Fsp3) is 0.750. The van der Waals surface area contributed by atoms with Gasteiger partial charge in [0.15, 0.2) is 0 Å². The van der Waals surface area contributed by atoms with Crippen LogP contribution in [0.2, 0.25) is 0 Å². The molecule has 0 aliphatic rings. The van der Waals surface area contributed by atoms with Gasteiger partial charge < -0.3 is 0 Å². The van der Waals surface area contributed by atoms with Crippen LogP contribution in [0.5, 0.6) is 5.88 Å². The van der Waals surface area contributed by atoms with Gasteiger partial charge in [-0.15, -0.1) is 25.2 Å². The van der Waals surface area contributed by atoms with Crippen molar-refractivity contribution >= 4 is 55.4 Å². The molecular weight excluding hydrogens is 815 g/mol. The molecule has 46 heavy (non-hydrogen) atoms. The third kappa shape index (κ3) is 90.3. The molecule has 38 heteroatoms. The van der Waals surface area contributed by atoms with Gasteiger partial charge in [0, 0.05) is 0 Å². The first-order valence-corrected chi connectivity index (χ1v) is 20.3. The van der Waals surface area contributed by atoms with Crippen molar-refractivity contribution in [3.8, 4) is 5.88 Å². The van der Waals surface area contributed by atoms with Gasteiger partial charge in [0.2, 0.25) is 0 Å². The maximum atomic E-state index is 10.4. The molecule has 0 saturated heterocycles. The zero-order chi connectivity index (χ0) is 39.3. The maximum absolute atomic E-state index is 10.4. The van der Waals surface area contributed by atoms with E-state index in [-0.39, 0.29) is 0 Å². The monoisotopic (exact) mass is 848 g/mol. The standard InChI is InChI=1S/C8H21N6OP.6FH2O3P/c1-12(2)16(13(3)4,14(5)6)15-8-7-9-11-10-8;6*1-5(2,3)4/h7,16H,1-6H3,(H,9,10,11);6*(H2,2,3,4). The summed E-state index contributed by atoms with van der Waals surface area (Å²) in [6, 6.07) is 0. The first kappa shape index (κ1) is 58.0. The molecule has 0 aliphatic carbocycles. The van der Waals surface area contributed by atoms with Crippen molar-refractivity contribution < 1.29 is 116 Å². The Bertz CT molecular complexity index is 969. The molecule has 0 radical (unpaired) electrons.